The zero-order chi connectivity index (χ0) is 35.1. The first-order valence-electron chi connectivity index (χ1n) is 16.7. The van der Waals surface area contributed by atoms with Gasteiger partial charge in [-0.15, -0.1) is 0 Å². The maximum absolute atomic E-state index is 14.8. The number of benzene rings is 3. The number of amides is 3. The van der Waals surface area contributed by atoms with E-state index in [1.807, 2.05) is 61.5 Å². The number of ether oxygens (including phenoxy) is 1. The molecule has 0 unspecified atom stereocenters. The summed E-state index contributed by atoms with van der Waals surface area (Å²) in [4.78, 5) is 69.1. The molecule has 0 aromatic heterocycles. The fourth-order valence-corrected chi connectivity index (χ4v) is 10.5. The molecule has 3 aromatic rings. The van der Waals surface area contributed by atoms with Crippen LogP contribution in [0.2, 0.25) is 18.6 Å². The van der Waals surface area contributed by atoms with Crippen molar-refractivity contribution in [3.8, 4) is 0 Å². The van der Waals surface area contributed by atoms with Gasteiger partial charge in [-0.2, -0.15) is 0 Å². The predicted octanol–water partition coefficient (Wildman–Crippen LogP) is 4.48. The smallest absolute Gasteiger partial charge is 0.269 e. The molecule has 6 rings (SSSR count). The first-order chi connectivity index (χ1) is 23.3. The minimum absolute atomic E-state index is 0.0444. The highest BCUT2D eigenvalue weighted by Crippen LogP contribution is 2.60. The Labute approximate surface area is 286 Å². The molecule has 13 heteroatoms. The lowest BCUT2D eigenvalue weighted by molar-refractivity contribution is -0.385. The van der Waals surface area contributed by atoms with Gasteiger partial charge in [-0.3, -0.25) is 24.5 Å². The van der Waals surface area contributed by atoms with Crippen LogP contribution in [-0.2, 0) is 37.8 Å². The fourth-order valence-electron chi connectivity index (χ4n) is 7.98. The summed E-state index contributed by atoms with van der Waals surface area (Å²) in [7, 11) is -3.14. The van der Waals surface area contributed by atoms with Crippen molar-refractivity contribution in [2.24, 2.45) is 5.92 Å². The van der Waals surface area contributed by atoms with Crippen LogP contribution >= 0.6 is 0 Å². The van der Waals surface area contributed by atoms with E-state index >= 15 is 0 Å². The molecule has 0 radical (unpaired) electrons. The van der Waals surface area contributed by atoms with Gasteiger partial charge in [0.2, 0.25) is 11.8 Å². The van der Waals surface area contributed by atoms with Crippen molar-refractivity contribution in [3.05, 3.63) is 99.6 Å². The molecule has 4 atom stereocenters. The van der Waals surface area contributed by atoms with Gasteiger partial charge in [0.1, 0.15) is 0 Å². The predicted molar refractivity (Wildman–Crippen MR) is 185 cm³/mol. The zero-order valence-electron chi connectivity index (χ0n) is 27.9. The van der Waals surface area contributed by atoms with Crippen LogP contribution in [0.25, 0.3) is 0 Å². The summed E-state index contributed by atoms with van der Waals surface area (Å²) in [5.41, 5.74) is 0.711. The maximum atomic E-state index is 14.8. The molecule has 3 amide bonds. The number of rotatable bonds is 11. The van der Waals surface area contributed by atoms with Crippen LogP contribution in [0.3, 0.4) is 0 Å². The fraction of sp³-hybridized carbons (Fsp3) is 0.417. The first kappa shape index (κ1) is 34.4. The van der Waals surface area contributed by atoms with Crippen molar-refractivity contribution in [3.63, 3.8) is 0 Å². The SMILES string of the molecule is C[C@H]1[C@H]([Si](C)(C)O)[C@@H](CC(=O)N(CCO)Cc2ccccc2)O[C@]12C(=O)N(Cc1cccc(N3CCCC3=O)c1)c1ccc([N+](=O)[O-])cc12. The van der Waals surface area contributed by atoms with Crippen molar-refractivity contribution in [2.45, 2.75) is 69.6 Å². The molecule has 0 saturated carbocycles. The van der Waals surface area contributed by atoms with Crippen molar-refractivity contribution in [2.75, 3.05) is 29.5 Å². The van der Waals surface area contributed by atoms with E-state index in [1.165, 1.54) is 17.0 Å². The van der Waals surface area contributed by atoms with Crippen molar-refractivity contribution >= 4 is 43.1 Å². The highest BCUT2D eigenvalue weighted by atomic mass is 28.4. The first-order valence-corrected chi connectivity index (χ1v) is 19.7. The molecular formula is C36H42N4O8Si. The Kier molecular flexibility index (Phi) is 9.46. The number of fused-ring (bicyclic) bond motifs is 2. The minimum atomic E-state index is -3.14. The molecular weight excluding hydrogens is 645 g/mol. The molecule has 3 aromatic carbocycles. The molecule has 2 saturated heterocycles. The van der Waals surface area contributed by atoms with E-state index in [-0.39, 0.29) is 50.2 Å². The highest BCUT2D eigenvalue weighted by molar-refractivity contribution is 6.71. The van der Waals surface area contributed by atoms with Gasteiger partial charge in [-0.05, 0) is 48.8 Å². The van der Waals surface area contributed by atoms with Crippen LogP contribution in [0.4, 0.5) is 17.1 Å². The van der Waals surface area contributed by atoms with Gasteiger partial charge in [-0.25, -0.2) is 0 Å². The number of carbonyl (C=O) groups excluding carboxylic acids is 3. The van der Waals surface area contributed by atoms with Gasteiger partial charge < -0.3 is 29.3 Å². The van der Waals surface area contributed by atoms with Crippen LogP contribution in [0, 0.1) is 16.0 Å². The second-order valence-corrected chi connectivity index (χ2v) is 17.7. The van der Waals surface area contributed by atoms with Gasteiger partial charge in [0.25, 0.3) is 11.6 Å². The van der Waals surface area contributed by atoms with E-state index in [0.717, 1.165) is 23.2 Å². The highest BCUT2D eigenvalue weighted by Gasteiger charge is 2.66. The number of aliphatic hydroxyl groups is 1. The number of non-ortho nitro benzene ring substituents is 1. The average Bonchev–Trinajstić information content (AvgIpc) is 3.70. The van der Waals surface area contributed by atoms with E-state index in [4.69, 9.17) is 4.74 Å². The third-order valence-corrected chi connectivity index (χ3v) is 12.6. The van der Waals surface area contributed by atoms with Crippen LogP contribution in [0.15, 0.2) is 72.8 Å². The third-order valence-electron chi connectivity index (χ3n) is 10.1. The second-order valence-electron chi connectivity index (χ2n) is 13.8. The topological polar surface area (TPSA) is 154 Å². The Morgan fingerprint density at radius 1 is 1.08 bits per heavy atom. The molecule has 1 spiro atoms. The van der Waals surface area contributed by atoms with Gasteiger partial charge in [0.15, 0.2) is 13.9 Å². The second kappa shape index (κ2) is 13.5. The summed E-state index contributed by atoms with van der Waals surface area (Å²) in [6.07, 6.45) is 0.241. The molecule has 3 aliphatic rings. The summed E-state index contributed by atoms with van der Waals surface area (Å²) >= 11 is 0. The molecule has 0 bridgehead atoms. The number of nitro benzene ring substituents is 1. The number of hydrogen-bond donors (Lipinski definition) is 2. The summed E-state index contributed by atoms with van der Waals surface area (Å²) in [6, 6.07) is 21.1. The molecule has 258 valence electrons. The quantitative estimate of drug-likeness (QED) is 0.170. The molecule has 2 fully saturated rings. The number of carbonyl (C=O) groups is 3. The zero-order valence-corrected chi connectivity index (χ0v) is 28.9. The van der Waals surface area contributed by atoms with Crippen molar-refractivity contribution < 1.29 is 33.9 Å². The van der Waals surface area contributed by atoms with Gasteiger partial charge in [0, 0.05) is 60.9 Å². The van der Waals surface area contributed by atoms with E-state index in [1.54, 1.807) is 29.0 Å². The number of aliphatic hydroxyl groups excluding tert-OH is 1. The van der Waals surface area contributed by atoms with Crippen molar-refractivity contribution in [1.29, 1.82) is 0 Å². The Balaban J connectivity index is 1.37. The molecule has 2 N–H and O–H groups in total. The van der Waals surface area contributed by atoms with E-state index in [0.29, 0.717) is 24.2 Å². The van der Waals surface area contributed by atoms with E-state index < -0.39 is 42.3 Å². The van der Waals surface area contributed by atoms with Crippen molar-refractivity contribution in [1.82, 2.24) is 4.90 Å². The largest absolute Gasteiger partial charge is 0.432 e. The Hall–Kier alpha value is -4.43. The summed E-state index contributed by atoms with van der Waals surface area (Å²) in [5.74, 6) is -1.31. The Bertz CT molecular complexity index is 1770. The summed E-state index contributed by atoms with van der Waals surface area (Å²) in [5, 5.41) is 21.8. The van der Waals surface area contributed by atoms with Crippen LogP contribution in [0.1, 0.15) is 42.9 Å². The number of nitrogens with zero attached hydrogens (tertiary/aromatic N) is 4. The van der Waals surface area contributed by atoms with E-state index in [9.17, 15) is 34.4 Å². The minimum Gasteiger partial charge on any atom is -0.432 e. The standard InChI is InChI=1S/C36H42N4O8Si/c1-24-34(49(2,3)47)31(21-33(43)37(17-18-41)22-25-9-5-4-6-10-25)48-36(24)29-20-28(40(45)46)14-15-30(29)39(35(36)44)23-26-11-7-12-27(19-26)38-16-8-13-32(38)42/h4-7,9-12,14-15,19-20,24,31,34,41,47H,8,13,16-18,21-23H2,1-3H3/t24-,31+,34-,36+/m0/s1. The third kappa shape index (κ3) is 6.39. The Morgan fingerprint density at radius 3 is 2.47 bits per heavy atom. The number of hydrogen-bond acceptors (Lipinski definition) is 8. The van der Waals surface area contributed by atoms with Gasteiger partial charge >= 0.3 is 0 Å². The van der Waals surface area contributed by atoms with Crippen LogP contribution < -0.4 is 9.80 Å². The van der Waals surface area contributed by atoms with Gasteiger partial charge in [-0.1, -0.05) is 49.4 Å². The molecule has 3 aliphatic heterocycles. The molecule has 3 heterocycles. The molecule has 49 heavy (non-hydrogen) atoms. The van der Waals surface area contributed by atoms with Gasteiger partial charge in [0.05, 0.1) is 36.3 Å². The van der Waals surface area contributed by atoms with Crippen LogP contribution in [0.5, 0.6) is 0 Å². The summed E-state index contributed by atoms with van der Waals surface area (Å²) < 4.78 is 6.77. The lowest BCUT2D eigenvalue weighted by Gasteiger charge is -2.32. The molecule has 12 nitrogen and oxygen atoms in total. The average molecular weight is 687 g/mol. The summed E-state index contributed by atoms with van der Waals surface area (Å²) in [6.45, 7) is 6.17. The lowest BCUT2D eigenvalue weighted by atomic mass is 9.82. The number of nitro groups is 1. The number of anilines is 2. The monoisotopic (exact) mass is 686 g/mol. The van der Waals surface area contributed by atoms with E-state index in [2.05, 4.69) is 0 Å². The Morgan fingerprint density at radius 2 is 1.82 bits per heavy atom. The maximum Gasteiger partial charge on any atom is 0.269 e. The normalized spacial score (nSPS) is 23.4. The van der Waals surface area contributed by atoms with Crippen LogP contribution in [-0.4, -0.2) is 71.6 Å². The molecule has 0 aliphatic carbocycles. The lowest BCUT2D eigenvalue weighted by Crippen LogP contribution is -2.46.